The number of nitrogens with one attached hydrogen (secondary N) is 1. The van der Waals surface area contributed by atoms with Gasteiger partial charge in [-0.25, -0.2) is 0 Å². The van der Waals surface area contributed by atoms with Gasteiger partial charge < -0.3 is 5.32 Å². The summed E-state index contributed by atoms with van der Waals surface area (Å²) in [7, 11) is 0. The van der Waals surface area contributed by atoms with Crippen LogP contribution in [-0.4, -0.2) is 21.9 Å². The molecule has 0 saturated heterocycles. The normalized spacial score (nSPS) is 12.2. The molecule has 0 spiro atoms. The van der Waals surface area contributed by atoms with E-state index in [1.54, 1.807) is 35.9 Å². The summed E-state index contributed by atoms with van der Waals surface area (Å²) >= 11 is 1.71. The Morgan fingerprint density at radius 3 is 2.81 bits per heavy atom. The zero-order valence-corrected chi connectivity index (χ0v) is 12.4. The molecule has 0 radical (unpaired) electrons. The van der Waals surface area contributed by atoms with E-state index in [0.717, 1.165) is 17.5 Å². The monoisotopic (exact) mass is 297 g/mol. The maximum Gasteiger partial charge on any atom is 0.251 e. The second kappa shape index (κ2) is 6.01. The first-order chi connectivity index (χ1) is 10.2. The maximum atomic E-state index is 12.3. The number of hydrogen-bond acceptors (Lipinski definition) is 4. The lowest BCUT2D eigenvalue weighted by molar-refractivity contribution is 0.0940. The van der Waals surface area contributed by atoms with Gasteiger partial charge in [0, 0.05) is 35.3 Å². The van der Waals surface area contributed by atoms with E-state index in [1.807, 2.05) is 24.4 Å². The number of amides is 1. The SMILES string of the molecule is CC(Cc1cccs1)NC(=O)c1ccc2nccnc2c1. The molecule has 0 aliphatic rings. The molecule has 1 amide bonds. The van der Waals surface area contributed by atoms with E-state index >= 15 is 0 Å². The molecule has 5 heteroatoms. The molecule has 1 aromatic carbocycles. The lowest BCUT2D eigenvalue weighted by atomic mass is 10.1. The highest BCUT2D eigenvalue weighted by molar-refractivity contribution is 7.09. The standard InChI is InChI=1S/C16H15N3OS/c1-11(9-13-3-2-8-21-13)19-16(20)12-4-5-14-15(10-12)18-7-6-17-14/h2-8,10-11H,9H2,1H3,(H,19,20). The van der Waals surface area contributed by atoms with Crippen LogP contribution in [0.15, 0.2) is 48.1 Å². The summed E-state index contributed by atoms with van der Waals surface area (Å²) in [6.45, 7) is 2.01. The molecule has 106 valence electrons. The molecule has 0 fully saturated rings. The molecule has 0 saturated carbocycles. The van der Waals surface area contributed by atoms with Crippen molar-refractivity contribution in [1.82, 2.24) is 15.3 Å². The summed E-state index contributed by atoms with van der Waals surface area (Å²) < 4.78 is 0. The molecule has 2 aromatic heterocycles. The minimum atomic E-state index is -0.0772. The number of rotatable bonds is 4. The molecule has 3 aromatic rings. The fourth-order valence-corrected chi connectivity index (χ4v) is 3.03. The Kier molecular flexibility index (Phi) is 3.92. The van der Waals surface area contributed by atoms with Crippen LogP contribution < -0.4 is 5.32 Å². The summed E-state index contributed by atoms with van der Waals surface area (Å²) in [6.07, 6.45) is 4.12. The van der Waals surface area contributed by atoms with E-state index in [4.69, 9.17) is 0 Å². The highest BCUT2D eigenvalue weighted by Crippen LogP contribution is 2.13. The lowest BCUT2D eigenvalue weighted by Gasteiger charge is -2.13. The second-order valence-corrected chi connectivity index (χ2v) is 5.95. The zero-order valence-electron chi connectivity index (χ0n) is 11.6. The first-order valence-corrected chi connectivity index (χ1v) is 7.64. The van der Waals surface area contributed by atoms with E-state index in [0.29, 0.717) is 5.56 Å². The lowest BCUT2D eigenvalue weighted by Crippen LogP contribution is -2.33. The predicted octanol–water partition coefficient (Wildman–Crippen LogP) is 3.05. The number of carbonyl (C=O) groups is 1. The van der Waals surface area contributed by atoms with Gasteiger partial charge in [-0.05, 0) is 36.6 Å². The number of benzene rings is 1. The third-order valence-corrected chi connectivity index (χ3v) is 4.10. The van der Waals surface area contributed by atoms with Crippen molar-refractivity contribution in [3.63, 3.8) is 0 Å². The van der Waals surface area contributed by atoms with Gasteiger partial charge in [0.05, 0.1) is 11.0 Å². The molecular formula is C16H15N3OS. The van der Waals surface area contributed by atoms with Crippen LogP contribution in [0.5, 0.6) is 0 Å². The summed E-state index contributed by atoms with van der Waals surface area (Å²) in [5, 5.41) is 5.07. The first kappa shape index (κ1) is 13.7. The molecule has 0 aliphatic carbocycles. The fourth-order valence-electron chi connectivity index (χ4n) is 2.19. The molecule has 4 nitrogen and oxygen atoms in total. The van der Waals surface area contributed by atoms with E-state index in [2.05, 4.69) is 21.4 Å². The Bertz CT molecular complexity index is 755. The summed E-state index contributed by atoms with van der Waals surface area (Å²) in [6, 6.07) is 9.57. The summed E-state index contributed by atoms with van der Waals surface area (Å²) in [4.78, 5) is 22.0. The molecule has 1 unspecified atom stereocenters. The molecule has 1 atom stereocenters. The highest BCUT2D eigenvalue weighted by Gasteiger charge is 2.11. The fraction of sp³-hybridized carbons (Fsp3) is 0.188. The molecule has 21 heavy (non-hydrogen) atoms. The third-order valence-electron chi connectivity index (χ3n) is 3.20. The average Bonchev–Trinajstić information content (AvgIpc) is 2.99. The number of hydrogen-bond donors (Lipinski definition) is 1. The van der Waals surface area contributed by atoms with Crippen LogP contribution in [0.3, 0.4) is 0 Å². The van der Waals surface area contributed by atoms with Crippen molar-refractivity contribution in [2.75, 3.05) is 0 Å². The van der Waals surface area contributed by atoms with Gasteiger partial charge in [0.15, 0.2) is 0 Å². The quantitative estimate of drug-likeness (QED) is 0.805. The molecular weight excluding hydrogens is 282 g/mol. The number of fused-ring (bicyclic) bond motifs is 1. The Morgan fingerprint density at radius 2 is 2.05 bits per heavy atom. The Hall–Kier alpha value is -2.27. The highest BCUT2D eigenvalue weighted by atomic mass is 32.1. The van der Waals surface area contributed by atoms with Crippen molar-refractivity contribution in [3.05, 3.63) is 58.5 Å². The van der Waals surface area contributed by atoms with E-state index in [-0.39, 0.29) is 11.9 Å². The van der Waals surface area contributed by atoms with Crippen LogP contribution in [0.1, 0.15) is 22.2 Å². The van der Waals surface area contributed by atoms with Crippen molar-refractivity contribution in [3.8, 4) is 0 Å². The summed E-state index contributed by atoms with van der Waals surface area (Å²) in [5.41, 5.74) is 2.14. The average molecular weight is 297 g/mol. The molecule has 3 rings (SSSR count). The molecule has 1 N–H and O–H groups in total. The Balaban J connectivity index is 1.71. The number of thiophene rings is 1. The Morgan fingerprint density at radius 1 is 1.24 bits per heavy atom. The molecule has 0 aliphatic heterocycles. The molecule has 0 bridgehead atoms. The van der Waals surface area contributed by atoms with Gasteiger partial charge in [-0.3, -0.25) is 14.8 Å². The van der Waals surface area contributed by atoms with Crippen LogP contribution in [0.25, 0.3) is 11.0 Å². The second-order valence-electron chi connectivity index (χ2n) is 4.92. The van der Waals surface area contributed by atoms with Gasteiger partial charge in [0.25, 0.3) is 5.91 Å². The van der Waals surface area contributed by atoms with Crippen LogP contribution in [-0.2, 0) is 6.42 Å². The summed E-state index contributed by atoms with van der Waals surface area (Å²) in [5.74, 6) is -0.0772. The van der Waals surface area contributed by atoms with E-state index in [9.17, 15) is 4.79 Å². The minimum Gasteiger partial charge on any atom is -0.349 e. The van der Waals surface area contributed by atoms with Crippen molar-refractivity contribution in [2.45, 2.75) is 19.4 Å². The maximum absolute atomic E-state index is 12.3. The zero-order chi connectivity index (χ0) is 14.7. The van der Waals surface area contributed by atoms with Crippen LogP contribution in [0, 0.1) is 0 Å². The predicted molar refractivity (Wildman–Crippen MR) is 84.5 cm³/mol. The number of nitrogens with zero attached hydrogens (tertiary/aromatic N) is 2. The third kappa shape index (κ3) is 3.25. The smallest absolute Gasteiger partial charge is 0.251 e. The van der Waals surface area contributed by atoms with Gasteiger partial charge in [0.1, 0.15) is 0 Å². The van der Waals surface area contributed by atoms with Gasteiger partial charge in [0.2, 0.25) is 0 Å². The molecule has 2 heterocycles. The van der Waals surface area contributed by atoms with E-state index in [1.165, 1.54) is 4.88 Å². The topological polar surface area (TPSA) is 54.9 Å². The number of carbonyl (C=O) groups excluding carboxylic acids is 1. The van der Waals surface area contributed by atoms with Gasteiger partial charge in [-0.1, -0.05) is 6.07 Å². The largest absolute Gasteiger partial charge is 0.349 e. The van der Waals surface area contributed by atoms with E-state index < -0.39 is 0 Å². The van der Waals surface area contributed by atoms with Crippen LogP contribution >= 0.6 is 11.3 Å². The minimum absolute atomic E-state index is 0.0772. The van der Waals surface area contributed by atoms with Gasteiger partial charge in [-0.15, -0.1) is 11.3 Å². The van der Waals surface area contributed by atoms with Crippen molar-refractivity contribution in [1.29, 1.82) is 0 Å². The Labute approximate surface area is 126 Å². The van der Waals surface area contributed by atoms with Crippen molar-refractivity contribution >= 4 is 28.3 Å². The van der Waals surface area contributed by atoms with Crippen LogP contribution in [0.4, 0.5) is 0 Å². The van der Waals surface area contributed by atoms with Crippen molar-refractivity contribution < 1.29 is 4.79 Å². The van der Waals surface area contributed by atoms with Crippen LogP contribution in [0.2, 0.25) is 0 Å². The van der Waals surface area contributed by atoms with Gasteiger partial charge in [-0.2, -0.15) is 0 Å². The van der Waals surface area contributed by atoms with Gasteiger partial charge >= 0.3 is 0 Å². The number of aromatic nitrogens is 2. The first-order valence-electron chi connectivity index (χ1n) is 6.76. The van der Waals surface area contributed by atoms with Crippen molar-refractivity contribution in [2.24, 2.45) is 0 Å².